The van der Waals surface area contributed by atoms with Crippen LogP contribution in [0, 0.1) is 6.92 Å². The molecule has 0 radical (unpaired) electrons. The van der Waals surface area contributed by atoms with Crippen LogP contribution in [0.15, 0.2) is 52.6 Å². The maximum atomic E-state index is 12.6. The lowest BCUT2D eigenvalue weighted by Crippen LogP contribution is -2.68. The molecule has 0 saturated carbocycles. The Hall–Kier alpha value is -2.67. The Morgan fingerprint density at radius 3 is 2.37 bits per heavy atom. The number of β-lactam (4-membered cyclic amide) rings is 1. The van der Waals surface area contributed by atoms with Crippen LogP contribution in [0.25, 0.3) is 0 Å². The predicted octanol–water partition coefficient (Wildman–Crippen LogP) is 2.19. The lowest BCUT2D eigenvalue weighted by molar-refractivity contribution is -0.157. The quantitative estimate of drug-likeness (QED) is 0.253. The van der Waals surface area contributed by atoms with E-state index in [-0.39, 0.29) is 28.5 Å². The number of fused-ring (bicyclic) bond motifs is 1. The summed E-state index contributed by atoms with van der Waals surface area (Å²) in [4.78, 5) is 37.5. The molecule has 12 heteroatoms. The molecule has 1 amide bonds. The van der Waals surface area contributed by atoms with Crippen molar-refractivity contribution in [1.29, 1.82) is 0 Å². The molecular weight excluding hydrogens is 496 g/mol. The predicted molar refractivity (Wildman–Crippen MR) is 131 cm³/mol. The first-order chi connectivity index (χ1) is 16.2. The number of ether oxygens (including phenoxy) is 2. The number of rotatable bonds is 5. The van der Waals surface area contributed by atoms with Gasteiger partial charge in [0.25, 0.3) is 10.1 Å². The molecule has 1 saturated heterocycles. The number of nitrogens with two attached hydrogens (primary N) is 1. The minimum absolute atomic E-state index is 0.0666. The van der Waals surface area contributed by atoms with E-state index in [9.17, 15) is 22.8 Å². The fraction of sp³-hybridized carbons (Fsp3) is 0.435. The third kappa shape index (κ3) is 7.66. The summed E-state index contributed by atoms with van der Waals surface area (Å²) >= 11 is 1.45. The second kappa shape index (κ2) is 11.4. The largest absolute Gasteiger partial charge is 0.463 e. The maximum absolute atomic E-state index is 12.6. The molecule has 3 rings (SSSR count). The van der Waals surface area contributed by atoms with Crippen LogP contribution in [0.3, 0.4) is 0 Å². The maximum Gasteiger partial charge on any atom is 0.355 e. The SMILES string of the molecule is CCOC(=O)C=CC1=C(C(=O)OC(C)(C)C)N2C(=O)C(N)[C@@H]2SC1.Cc1ccc(S(=O)(=O)O)cc1. The summed E-state index contributed by atoms with van der Waals surface area (Å²) in [5.41, 5.74) is 6.75. The first-order valence-electron chi connectivity index (χ1n) is 10.7. The van der Waals surface area contributed by atoms with Crippen molar-refractivity contribution in [3.05, 3.63) is 53.3 Å². The minimum atomic E-state index is -4.02. The van der Waals surface area contributed by atoms with Crippen molar-refractivity contribution < 1.29 is 36.8 Å². The number of allylic oxidation sites excluding steroid dienone is 1. The Kier molecular flexibility index (Phi) is 9.29. The molecule has 35 heavy (non-hydrogen) atoms. The van der Waals surface area contributed by atoms with Crippen molar-refractivity contribution in [2.75, 3.05) is 12.4 Å². The molecule has 192 valence electrons. The average molecular weight is 527 g/mol. The van der Waals surface area contributed by atoms with E-state index in [4.69, 9.17) is 19.8 Å². The van der Waals surface area contributed by atoms with Gasteiger partial charge in [0, 0.05) is 11.8 Å². The third-order valence-corrected chi connectivity index (χ3v) is 6.85. The molecule has 1 unspecified atom stereocenters. The number of esters is 2. The van der Waals surface area contributed by atoms with Gasteiger partial charge in [0.2, 0.25) is 5.91 Å². The van der Waals surface area contributed by atoms with Crippen LogP contribution >= 0.6 is 11.8 Å². The van der Waals surface area contributed by atoms with Gasteiger partial charge in [-0.2, -0.15) is 8.42 Å². The third-order valence-electron chi connectivity index (χ3n) is 4.66. The monoisotopic (exact) mass is 526 g/mol. The van der Waals surface area contributed by atoms with Gasteiger partial charge in [0.15, 0.2) is 0 Å². The molecule has 2 heterocycles. The molecule has 3 N–H and O–H groups in total. The molecule has 10 nitrogen and oxygen atoms in total. The summed E-state index contributed by atoms with van der Waals surface area (Å²) in [5.74, 6) is -0.981. The Balaban J connectivity index is 0.000000328. The summed E-state index contributed by atoms with van der Waals surface area (Å²) in [6.07, 6.45) is 2.74. The van der Waals surface area contributed by atoms with Crippen molar-refractivity contribution in [3.8, 4) is 0 Å². The zero-order valence-electron chi connectivity index (χ0n) is 20.2. The fourth-order valence-corrected chi connectivity index (χ4v) is 4.80. The molecule has 0 bridgehead atoms. The van der Waals surface area contributed by atoms with Crippen molar-refractivity contribution in [2.45, 2.75) is 56.5 Å². The number of nitrogens with zero attached hydrogens (tertiary/aromatic N) is 1. The highest BCUT2D eigenvalue weighted by Gasteiger charge is 2.52. The van der Waals surface area contributed by atoms with Crippen LogP contribution < -0.4 is 5.73 Å². The van der Waals surface area contributed by atoms with Gasteiger partial charge in [-0.1, -0.05) is 17.7 Å². The van der Waals surface area contributed by atoms with Gasteiger partial charge in [0.05, 0.1) is 11.5 Å². The van der Waals surface area contributed by atoms with E-state index in [0.29, 0.717) is 11.3 Å². The van der Waals surface area contributed by atoms with Crippen molar-refractivity contribution in [3.63, 3.8) is 0 Å². The standard InChI is InChI=1S/C16H22N2O5S.C7H8O3S/c1-5-22-10(19)7-6-9-8-24-14-11(17)13(20)18(14)12(9)15(21)23-16(2,3)4;1-6-2-4-7(5-3-6)11(8,9)10/h6-7,11,14H,5,8,17H2,1-4H3;2-5H,1H3,(H,8,9,10)/t11?,14-;/m0./s1. The molecule has 0 spiro atoms. The van der Waals surface area contributed by atoms with Crippen LogP contribution in [0.5, 0.6) is 0 Å². The zero-order valence-corrected chi connectivity index (χ0v) is 21.8. The lowest BCUT2D eigenvalue weighted by atomic mass is 10.0. The first kappa shape index (κ1) is 28.6. The van der Waals surface area contributed by atoms with E-state index >= 15 is 0 Å². The van der Waals surface area contributed by atoms with Crippen molar-refractivity contribution in [1.82, 2.24) is 4.90 Å². The highest BCUT2D eigenvalue weighted by Crippen LogP contribution is 2.40. The molecule has 1 aromatic rings. The van der Waals surface area contributed by atoms with Crippen molar-refractivity contribution in [2.24, 2.45) is 5.73 Å². The number of carbonyl (C=O) groups is 3. The summed E-state index contributed by atoms with van der Waals surface area (Å²) in [5, 5.41) is -0.278. The van der Waals surface area contributed by atoms with E-state index in [0.717, 1.165) is 5.56 Å². The number of carbonyl (C=O) groups excluding carboxylic acids is 3. The number of hydrogen-bond acceptors (Lipinski definition) is 9. The second-order valence-electron chi connectivity index (χ2n) is 8.68. The molecule has 0 aliphatic carbocycles. The molecule has 2 aliphatic rings. The van der Waals surface area contributed by atoms with Crippen LogP contribution in [0.1, 0.15) is 33.3 Å². The van der Waals surface area contributed by atoms with Gasteiger partial charge in [0.1, 0.15) is 22.7 Å². The van der Waals surface area contributed by atoms with Gasteiger partial charge in [-0.15, -0.1) is 11.8 Å². The van der Waals surface area contributed by atoms with Crippen LogP contribution in [0.2, 0.25) is 0 Å². The first-order valence-corrected chi connectivity index (χ1v) is 13.2. The Morgan fingerprint density at radius 2 is 1.86 bits per heavy atom. The number of thioether (sulfide) groups is 1. The van der Waals surface area contributed by atoms with Gasteiger partial charge >= 0.3 is 11.9 Å². The van der Waals surface area contributed by atoms with Gasteiger partial charge in [-0.3, -0.25) is 14.2 Å². The normalized spacial score (nSPS) is 20.0. The highest BCUT2D eigenvalue weighted by molar-refractivity contribution is 8.00. The molecule has 1 aromatic carbocycles. The summed E-state index contributed by atoms with van der Waals surface area (Å²) in [6.45, 7) is 9.05. The number of hydrogen-bond donors (Lipinski definition) is 2. The summed E-state index contributed by atoms with van der Waals surface area (Å²) in [6, 6.07) is 5.37. The Labute approximate surface area is 209 Å². The summed E-state index contributed by atoms with van der Waals surface area (Å²) < 4.78 is 39.8. The number of benzene rings is 1. The van der Waals surface area contributed by atoms with Crippen LogP contribution in [0.4, 0.5) is 0 Å². The Bertz CT molecular complexity index is 1140. The number of aryl methyl sites for hydroxylation is 1. The smallest absolute Gasteiger partial charge is 0.355 e. The molecule has 2 atom stereocenters. The molecular formula is C23H30N2O8S2. The molecule has 0 aromatic heterocycles. The zero-order chi connectivity index (χ0) is 26.6. The van der Waals surface area contributed by atoms with E-state index in [1.807, 2.05) is 6.92 Å². The topological polar surface area (TPSA) is 153 Å². The van der Waals surface area contributed by atoms with E-state index in [1.165, 1.54) is 40.9 Å². The van der Waals surface area contributed by atoms with Gasteiger partial charge < -0.3 is 15.2 Å². The highest BCUT2D eigenvalue weighted by atomic mass is 32.2. The van der Waals surface area contributed by atoms with E-state index < -0.39 is 33.7 Å². The van der Waals surface area contributed by atoms with Crippen molar-refractivity contribution >= 4 is 39.7 Å². The van der Waals surface area contributed by atoms with E-state index in [1.54, 1.807) is 39.8 Å². The lowest BCUT2D eigenvalue weighted by Gasteiger charge is -2.48. The average Bonchev–Trinajstić information content (AvgIpc) is 2.75. The fourth-order valence-electron chi connectivity index (χ4n) is 3.05. The van der Waals surface area contributed by atoms with Gasteiger partial charge in [-0.05, 0) is 58.4 Å². The molecule has 1 fully saturated rings. The number of amides is 1. The van der Waals surface area contributed by atoms with E-state index in [2.05, 4.69) is 0 Å². The summed E-state index contributed by atoms with van der Waals surface area (Å²) in [7, 11) is -4.02. The van der Waals surface area contributed by atoms with Crippen LogP contribution in [-0.2, 0) is 34.0 Å². The Morgan fingerprint density at radius 1 is 1.26 bits per heavy atom. The molecule has 2 aliphatic heterocycles. The second-order valence-corrected chi connectivity index (χ2v) is 11.2. The van der Waals surface area contributed by atoms with Crippen LogP contribution in [-0.4, -0.2) is 65.1 Å². The minimum Gasteiger partial charge on any atom is -0.463 e. The van der Waals surface area contributed by atoms with Gasteiger partial charge in [-0.25, -0.2) is 9.59 Å².